The number of halogens is 1. The highest BCUT2D eigenvalue weighted by Crippen LogP contribution is 2.23. The standard InChI is InChI=1S/C14H17ClN2O2/c1-9-12(18)16-14(2,3)13(19)17(9)8-10-6-4-5-7-11(10)15/h4-7,9H,8H2,1-3H3,(H,16,18). The van der Waals surface area contributed by atoms with Gasteiger partial charge in [-0.3, -0.25) is 9.59 Å². The van der Waals surface area contributed by atoms with E-state index in [1.54, 1.807) is 31.7 Å². The molecule has 19 heavy (non-hydrogen) atoms. The Kier molecular flexibility index (Phi) is 3.54. The predicted octanol–water partition coefficient (Wildman–Crippen LogP) is 1.97. The van der Waals surface area contributed by atoms with Crippen molar-refractivity contribution in [1.82, 2.24) is 10.2 Å². The average molecular weight is 281 g/mol. The molecule has 1 heterocycles. The van der Waals surface area contributed by atoms with E-state index in [0.29, 0.717) is 11.6 Å². The molecule has 0 aliphatic carbocycles. The van der Waals surface area contributed by atoms with E-state index in [0.717, 1.165) is 5.56 Å². The first-order chi connectivity index (χ1) is 8.83. The fourth-order valence-corrected chi connectivity index (χ4v) is 2.36. The Hall–Kier alpha value is -1.55. The zero-order chi connectivity index (χ0) is 14.2. The Morgan fingerprint density at radius 1 is 1.32 bits per heavy atom. The summed E-state index contributed by atoms with van der Waals surface area (Å²) >= 11 is 6.11. The molecule has 0 saturated carbocycles. The lowest BCUT2D eigenvalue weighted by Crippen LogP contribution is -2.66. The van der Waals surface area contributed by atoms with Gasteiger partial charge in [-0.25, -0.2) is 0 Å². The zero-order valence-corrected chi connectivity index (χ0v) is 12.0. The molecule has 0 spiro atoms. The summed E-state index contributed by atoms with van der Waals surface area (Å²) in [6, 6.07) is 6.86. The topological polar surface area (TPSA) is 49.4 Å². The van der Waals surface area contributed by atoms with Crippen molar-refractivity contribution in [3.63, 3.8) is 0 Å². The molecule has 0 bridgehead atoms. The van der Waals surface area contributed by atoms with Crippen LogP contribution in [0.2, 0.25) is 5.02 Å². The maximum atomic E-state index is 12.4. The number of benzene rings is 1. The SMILES string of the molecule is CC1C(=O)NC(C)(C)C(=O)N1Cc1ccccc1Cl. The largest absolute Gasteiger partial charge is 0.340 e. The molecule has 1 atom stereocenters. The Labute approximate surface area is 117 Å². The van der Waals surface area contributed by atoms with Crippen molar-refractivity contribution in [2.45, 2.75) is 38.9 Å². The summed E-state index contributed by atoms with van der Waals surface area (Å²) in [7, 11) is 0. The lowest BCUT2D eigenvalue weighted by Gasteiger charge is -2.41. The van der Waals surface area contributed by atoms with Gasteiger partial charge in [-0.05, 0) is 32.4 Å². The molecule has 2 amide bonds. The van der Waals surface area contributed by atoms with Crippen LogP contribution in [0.15, 0.2) is 24.3 Å². The Bertz CT molecular complexity index is 528. The van der Waals surface area contributed by atoms with E-state index in [2.05, 4.69) is 5.32 Å². The first-order valence-electron chi connectivity index (χ1n) is 6.19. The van der Waals surface area contributed by atoms with Crippen molar-refractivity contribution in [2.75, 3.05) is 0 Å². The molecule has 1 aromatic carbocycles. The van der Waals surface area contributed by atoms with E-state index < -0.39 is 11.6 Å². The van der Waals surface area contributed by atoms with Crippen LogP contribution >= 0.6 is 11.6 Å². The lowest BCUT2D eigenvalue weighted by molar-refractivity contribution is -0.153. The van der Waals surface area contributed by atoms with E-state index >= 15 is 0 Å². The molecule has 102 valence electrons. The molecule has 4 nitrogen and oxygen atoms in total. The highest BCUT2D eigenvalue weighted by Gasteiger charge is 2.43. The minimum Gasteiger partial charge on any atom is -0.340 e. The van der Waals surface area contributed by atoms with E-state index in [1.165, 1.54) is 0 Å². The van der Waals surface area contributed by atoms with Crippen LogP contribution in [0.5, 0.6) is 0 Å². The van der Waals surface area contributed by atoms with E-state index in [4.69, 9.17) is 11.6 Å². The number of piperazine rings is 1. The Morgan fingerprint density at radius 2 is 1.95 bits per heavy atom. The van der Waals surface area contributed by atoms with Crippen molar-refractivity contribution in [3.05, 3.63) is 34.9 Å². The second kappa shape index (κ2) is 4.85. The molecule has 0 radical (unpaired) electrons. The minimum absolute atomic E-state index is 0.0977. The third-order valence-electron chi connectivity index (χ3n) is 3.38. The highest BCUT2D eigenvalue weighted by atomic mass is 35.5. The normalized spacial score (nSPS) is 22.3. The van der Waals surface area contributed by atoms with Crippen LogP contribution in [-0.2, 0) is 16.1 Å². The first-order valence-corrected chi connectivity index (χ1v) is 6.57. The first kappa shape index (κ1) is 13.9. The fourth-order valence-electron chi connectivity index (χ4n) is 2.16. The summed E-state index contributed by atoms with van der Waals surface area (Å²) in [4.78, 5) is 25.9. The van der Waals surface area contributed by atoms with Gasteiger partial charge >= 0.3 is 0 Å². The van der Waals surface area contributed by atoms with Crippen LogP contribution in [0.4, 0.5) is 0 Å². The van der Waals surface area contributed by atoms with Gasteiger partial charge in [0.2, 0.25) is 11.8 Å². The molecule has 1 unspecified atom stereocenters. The average Bonchev–Trinajstić information content (AvgIpc) is 2.34. The number of carbonyl (C=O) groups is 2. The van der Waals surface area contributed by atoms with Gasteiger partial charge in [0.25, 0.3) is 0 Å². The summed E-state index contributed by atoms with van der Waals surface area (Å²) in [5.41, 5.74) is -0.0277. The van der Waals surface area contributed by atoms with Crippen molar-refractivity contribution < 1.29 is 9.59 Å². The quantitative estimate of drug-likeness (QED) is 0.900. The fraction of sp³-hybridized carbons (Fsp3) is 0.429. The second-order valence-corrected chi connectivity index (χ2v) is 5.72. The highest BCUT2D eigenvalue weighted by molar-refractivity contribution is 6.31. The second-order valence-electron chi connectivity index (χ2n) is 5.31. The van der Waals surface area contributed by atoms with E-state index in [1.807, 2.05) is 18.2 Å². The van der Waals surface area contributed by atoms with Crippen LogP contribution in [0.1, 0.15) is 26.3 Å². The van der Waals surface area contributed by atoms with Crippen molar-refractivity contribution >= 4 is 23.4 Å². The van der Waals surface area contributed by atoms with Gasteiger partial charge in [-0.15, -0.1) is 0 Å². The molecule has 1 N–H and O–H groups in total. The zero-order valence-electron chi connectivity index (χ0n) is 11.2. The number of nitrogens with zero attached hydrogens (tertiary/aromatic N) is 1. The van der Waals surface area contributed by atoms with Crippen molar-refractivity contribution in [3.8, 4) is 0 Å². The van der Waals surface area contributed by atoms with E-state index in [9.17, 15) is 9.59 Å². The third-order valence-corrected chi connectivity index (χ3v) is 3.75. The molecule has 2 rings (SSSR count). The molecule has 1 saturated heterocycles. The van der Waals surface area contributed by atoms with Gasteiger partial charge in [0, 0.05) is 11.6 Å². The number of rotatable bonds is 2. The molecule has 5 heteroatoms. The van der Waals surface area contributed by atoms with E-state index in [-0.39, 0.29) is 11.8 Å². The number of amides is 2. The van der Waals surface area contributed by atoms with Gasteiger partial charge in [0.1, 0.15) is 11.6 Å². The molecular weight excluding hydrogens is 264 g/mol. The van der Waals surface area contributed by atoms with Crippen LogP contribution < -0.4 is 5.32 Å². The molecule has 1 aliphatic heterocycles. The number of nitrogens with one attached hydrogen (secondary N) is 1. The van der Waals surface area contributed by atoms with Crippen molar-refractivity contribution in [1.29, 1.82) is 0 Å². The van der Waals surface area contributed by atoms with Gasteiger partial charge in [0.05, 0.1) is 0 Å². The van der Waals surface area contributed by atoms with Crippen LogP contribution in [-0.4, -0.2) is 28.3 Å². The summed E-state index contributed by atoms with van der Waals surface area (Å²) in [5, 5.41) is 3.33. The minimum atomic E-state index is -0.870. The summed E-state index contributed by atoms with van der Waals surface area (Å²) in [6.07, 6.45) is 0. The Morgan fingerprint density at radius 3 is 2.58 bits per heavy atom. The summed E-state index contributed by atoms with van der Waals surface area (Å²) in [6.45, 7) is 5.48. The number of hydrogen-bond acceptors (Lipinski definition) is 2. The third kappa shape index (κ3) is 2.59. The van der Waals surface area contributed by atoms with Crippen LogP contribution in [0.25, 0.3) is 0 Å². The molecule has 1 aromatic rings. The maximum Gasteiger partial charge on any atom is 0.248 e. The van der Waals surface area contributed by atoms with Gasteiger partial charge in [-0.1, -0.05) is 29.8 Å². The molecular formula is C14H17ClN2O2. The predicted molar refractivity (Wildman–Crippen MR) is 73.7 cm³/mol. The molecule has 0 aromatic heterocycles. The van der Waals surface area contributed by atoms with Crippen LogP contribution in [0, 0.1) is 0 Å². The van der Waals surface area contributed by atoms with Gasteiger partial charge < -0.3 is 10.2 Å². The van der Waals surface area contributed by atoms with Crippen LogP contribution in [0.3, 0.4) is 0 Å². The van der Waals surface area contributed by atoms with Crippen molar-refractivity contribution in [2.24, 2.45) is 0 Å². The van der Waals surface area contributed by atoms with Gasteiger partial charge in [-0.2, -0.15) is 0 Å². The molecule has 1 aliphatic rings. The molecule has 1 fully saturated rings. The Balaban J connectivity index is 2.29. The maximum absolute atomic E-state index is 12.4. The van der Waals surface area contributed by atoms with Gasteiger partial charge in [0.15, 0.2) is 0 Å². The lowest BCUT2D eigenvalue weighted by atomic mass is 9.97. The monoisotopic (exact) mass is 280 g/mol. The number of hydrogen-bond donors (Lipinski definition) is 1. The summed E-state index contributed by atoms with van der Waals surface area (Å²) in [5.74, 6) is -0.240. The smallest absolute Gasteiger partial charge is 0.248 e. The summed E-state index contributed by atoms with van der Waals surface area (Å²) < 4.78 is 0. The number of carbonyl (C=O) groups excluding carboxylic acids is 2.